The van der Waals surface area contributed by atoms with Gasteiger partial charge in [-0.15, -0.1) is 5.10 Å². The van der Waals surface area contributed by atoms with Crippen LogP contribution in [0.5, 0.6) is 0 Å². The maximum absolute atomic E-state index is 12.2. The molecule has 0 unspecified atom stereocenters. The lowest BCUT2D eigenvalue weighted by molar-refractivity contribution is -0.00216. The fourth-order valence-electron chi connectivity index (χ4n) is 5.54. The molecule has 10 nitrogen and oxygen atoms in total. The summed E-state index contributed by atoms with van der Waals surface area (Å²) in [5, 5.41) is 13.8. The van der Waals surface area contributed by atoms with Gasteiger partial charge in [-0.05, 0) is 67.9 Å². The zero-order valence-electron chi connectivity index (χ0n) is 20.9. The molecule has 2 atom stereocenters. The minimum atomic E-state index is -3.54. The van der Waals surface area contributed by atoms with Gasteiger partial charge in [-0.25, -0.2) is 4.72 Å². The monoisotopic (exact) mass is 513 g/mol. The van der Waals surface area contributed by atoms with Crippen LogP contribution in [0.2, 0.25) is 0 Å². The van der Waals surface area contributed by atoms with Gasteiger partial charge in [0.1, 0.15) is 0 Å². The van der Waals surface area contributed by atoms with Crippen molar-refractivity contribution in [2.24, 2.45) is 13.0 Å². The maximum Gasteiger partial charge on any atom is 0.276 e. The van der Waals surface area contributed by atoms with Gasteiger partial charge in [0.15, 0.2) is 5.82 Å². The predicted molar refractivity (Wildman–Crippen MR) is 139 cm³/mol. The van der Waals surface area contributed by atoms with Crippen molar-refractivity contribution in [2.45, 2.75) is 50.2 Å². The van der Waals surface area contributed by atoms with E-state index in [1.54, 1.807) is 6.20 Å². The molecule has 0 radical (unpaired) electrons. The van der Waals surface area contributed by atoms with Crippen LogP contribution in [-0.4, -0.2) is 67.3 Å². The number of ether oxygens (including phenoxy) is 1. The smallest absolute Gasteiger partial charge is 0.276 e. The summed E-state index contributed by atoms with van der Waals surface area (Å²) in [6.07, 6.45) is 8.63. The Labute approximate surface area is 212 Å². The fourth-order valence-corrected chi connectivity index (χ4v) is 6.37. The SMILES string of the molecule is CNS(=O)(=O)N[C@H]1CCN(c2cccnn2)C[C@H]1COC1CCC(c2ccc3c(cnn3C)c2)CC1. The number of rotatable bonds is 8. The Bertz CT molecular complexity index is 1260. The van der Waals surface area contributed by atoms with Crippen LogP contribution in [-0.2, 0) is 22.0 Å². The van der Waals surface area contributed by atoms with Gasteiger partial charge in [0.2, 0.25) is 0 Å². The van der Waals surface area contributed by atoms with Crippen LogP contribution in [0, 0.1) is 5.92 Å². The highest BCUT2D eigenvalue weighted by molar-refractivity contribution is 7.87. The van der Waals surface area contributed by atoms with Crippen molar-refractivity contribution in [3.05, 3.63) is 48.3 Å². The van der Waals surface area contributed by atoms with E-state index in [2.05, 4.69) is 47.8 Å². The van der Waals surface area contributed by atoms with Gasteiger partial charge in [0, 0.05) is 50.7 Å². The Morgan fingerprint density at radius 1 is 1.14 bits per heavy atom. The third-order valence-corrected chi connectivity index (χ3v) is 8.80. The second-order valence-electron chi connectivity index (χ2n) is 9.90. The summed E-state index contributed by atoms with van der Waals surface area (Å²) in [6.45, 7) is 1.87. The maximum atomic E-state index is 12.2. The highest BCUT2D eigenvalue weighted by atomic mass is 32.2. The fraction of sp³-hybridized carbons (Fsp3) is 0.560. The van der Waals surface area contributed by atoms with Crippen LogP contribution in [0.15, 0.2) is 42.7 Å². The molecule has 1 aliphatic carbocycles. The second-order valence-corrected chi connectivity index (χ2v) is 11.6. The summed E-state index contributed by atoms with van der Waals surface area (Å²) < 4.78 is 37.9. The van der Waals surface area contributed by atoms with Crippen molar-refractivity contribution in [1.29, 1.82) is 0 Å². The second kappa shape index (κ2) is 10.8. The minimum absolute atomic E-state index is 0.00888. The molecular weight excluding hydrogens is 478 g/mol. The van der Waals surface area contributed by atoms with Gasteiger partial charge in [-0.2, -0.15) is 23.3 Å². The van der Waals surface area contributed by atoms with E-state index in [9.17, 15) is 8.42 Å². The molecule has 1 aromatic carbocycles. The number of hydrogen-bond donors (Lipinski definition) is 2. The lowest BCUT2D eigenvalue weighted by atomic mass is 9.82. The Hall–Kier alpha value is -2.60. The highest BCUT2D eigenvalue weighted by Crippen LogP contribution is 2.35. The summed E-state index contributed by atoms with van der Waals surface area (Å²) >= 11 is 0. The molecule has 11 heteroatoms. The lowest BCUT2D eigenvalue weighted by Gasteiger charge is -2.40. The zero-order valence-corrected chi connectivity index (χ0v) is 21.7. The molecule has 2 N–H and O–H groups in total. The van der Waals surface area contributed by atoms with Crippen molar-refractivity contribution in [3.63, 3.8) is 0 Å². The van der Waals surface area contributed by atoms with Crippen LogP contribution in [0.25, 0.3) is 10.9 Å². The molecule has 1 aliphatic heterocycles. The van der Waals surface area contributed by atoms with Crippen molar-refractivity contribution >= 4 is 26.9 Å². The third kappa shape index (κ3) is 5.69. The summed E-state index contributed by atoms with van der Waals surface area (Å²) in [7, 11) is -0.144. The van der Waals surface area contributed by atoms with E-state index < -0.39 is 10.2 Å². The van der Waals surface area contributed by atoms with Crippen LogP contribution in [0.4, 0.5) is 5.82 Å². The molecule has 2 aliphatic rings. The molecule has 3 aromatic rings. The molecule has 3 heterocycles. The van der Waals surface area contributed by atoms with E-state index in [0.29, 0.717) is 32.0 Å². The van der Waals surface area contributed by atoms with E-state index in [1.807, 2.05) is 30.1 Å². The third-order valence-electron chi connectivity index (χ3n) is 7.65. The molecule has 0 amide bonds. The molecule has 2 aromatic heterocycles. The first-order valence-electron chi connectivity index (χ1n) is 12.7. The number of nitrogens with zero attached hydrogens (tertiary/aromatic N) is 5. The average molecular weight is 514 g/mol. The molecule has 0 spiro atoms. The van der Waals surface area contributed by atoms with Crippen LogP contribution in [0.3, 0.4) is 0 Å². The molecule has 0 bridgehead atoms. The van der Waals surface area contributed by atoms with Crippen molar-refractivity contribution < 1.29 is 13.2 Å². The van der Waals surface area contributed by atoms with Crippen LogP contribution < -0.4 is 14.3 Å². The predicted octanol–water partition coefficient (Wildman–Crippen LogP) is 2.36. The first-order valence-corrected chi connectivity index (χ1v) is 14.2. The minimum Gasteiger partial charge on any atom is -0.378 e. The van der Waals surface area contributed by atoms with Crippen molar-refractivity contribution in [2.75, 3.05) is 31.6 Å². The van der Waals surface area contributed by atoms with Gasteiger partial charge in [-0.1, -0.05) is 6.07 Å². The van der Waals surface area contributed by atoms with E-state index in [-0.39, 0.29) is 18.1 Å². The summed E-state index contributed by atoms with van der Waals surface area (Å²) in [4.78, 5) is 2.16. The number of anilines is 1. The Morgan fingerprint density at radius 3 is 2.72 bits per heavy atom. The highest BCUT2D eigenvalue weighted by Gasteiger charge is 2.34. The molecule has 5 rings (SSSR count). The molecule has 194 valence electrons. The number of hydrogen-bond acceptors (Lipinski definition) is 7. The largest absolute Gasteiger partial charge is 0.378 e. The molecule has 1 saturated carbocycles. The van der Waals surface area contributed by atoms with E-state index in [0.717, 1.165) is 37.0 Å². The van der Waals surface area contributed by atoms with E-state index in [4.69, 9.17) is 4.74 Å². The topological polar surface area (TPSA) is 114 Å². The van der Waals surface area contributed by atoms with Gasteiger partial charge in [0.05, 0.1) is 24.4 Å². The number of aryl methyl sites for hydroxylation is 1. The molecule has 2 fully saturated rings. The Morgan fingerprint density at radius 2 is 1.97 bits per heavy atom. The van der Waals surface area contributed by atoms with E-state index >= 15 is 0 Å². The molecule has 1 saturated heterocycles. The number of fused-ring (bicyclic) bond motifs is 1. The van der Waals surface area contributed by atoms with Gasteiger partial charge in [-0.3, -0.25) is 4.68 Å². The Kier molecular flexibility index (Phi) is 7.52. The van der Waals surface area contributed by atoms with Crippen molar-refractivity contribution in [3.8, 4) is 0 Å². The zero-order chi connectivity index (χ0) is 25.1. The number of aromatic nitrogens is 4. The number of benzene rings is 1. The molecular formula is C25H35N7O3S. The number of nitrogens with one attached hydrogen (secondary N) is 2. The quantitative estimate of drug-likeness (QED) is 0.475. The molecule has 36 heavy (non-hydrogen) atoms. The average Bonchev–Trinajstić information content (AvgIpc) is 3.28. The first kappa shape index (κ1) is 25.1. The lowest BCUT2D eigenvalue weighted by Crippen LogP contribution is -2.54. The van der Waals surface area contributed by atoms with Gasteiger partial charge < -0.3 is 9.64 Å². The normalized spacial score (nSPS) is 25.3. The summed E-state index contributed by atoms with van der Waals surface area (Å²) in [6, 6.07) is 10.3. The van der Waals surface area contributed by atoms with Gasteiger partial charge >= 0.3 is 0 Å². The van der Waals surface area contributed by atoms with Crippen molar-refractivity contribution in [1.82, 2.24) is 29.4 Å². The van der Waals surface area contributed by atoms with Crippen LogP contribution >= 0.6 is 0 Å². The summed E-state index contributed by atoms with van der Waals surface area (Å²) in [5.41, 5.74) is 2.53. The summed E-state index contributed by atoms with van der Waals surface area (Å²) in [5.74, 6) is 1.35. The van der Waals surface area contributed by atoms with Crippen LogP contribution in [0.1, 0.15) is 43.6 Å². The Balaban J connectivity index is 1.19. The first-order chi connectivity index (χ1) is 17.4. The number of piperidine rings is 1. The standard InChI is InChI=1S/C25H35N7O3S/c1-26-36(33,34)30-23-11-13-32(25-4-3-12-27-29-25)16-21(23)17-35-22-8-5-18(6-9-22)19-7-10-24-20(14-19)15-28-31(24)2/h3-4,7,10,12,14-15,18,21-23,26,30H,5-6,8-9,11,13,16-17H2,1-2H3/t18?,21-,22?,23-/m0/s1. The van der Waals surface area contributed by atoms with Gasteiger partial charge in [0.25, 0.3) is 10.2 Å². The van der Waals surface area contributed by atoms with E-state index in [1.165, 1.54) is 18.0 Å².